The fourth-order valence-electron chi connectivity index (χ4n) is 1.88. The Labute approximate surface area is 136 Å². The quantitative estimate of drug-likeness (QED) is 0.828. The molecule has 1 aromatic carbocycles. The maximum Gasteiger partial charge on any atom is 0.293 e. The topological polar surface area (TPSA) is 76.1 Å². The van der Waals surface area contributed by atoms with Crippen LogP contribution < -0.4 is 4.74 Å². The molecule has 0 atom stereocenters. The zero-order chi connectivity index (χ0) is 16.3. The lowest BCUT2D eigenvalue weighted by molar-refractivity contribution is -0.123. The number of carbonyl (C=O) groups is 2. The SMILES string of the molecule is COCCN1C(=O)S/C(=C/c2cc(Cl)cc(OC)c2O)C1=O. The van der Waals surface area contributed by atoms with Crippen molar-refractivity contribution in [3.05, 3.63) is 27.6 Å². The van der Waals surface area contributed by atoms with Crippen molar-refractivity contribution in [1.82, 2.24) is 4.90 Å². The second-order valence-corrected chi connectivity index (χ2v) is 5.80. The van der Waals surface area contributed by atoms with Crippen LogP contribution in [0.15, 0.2) is 17.0 Å². The smallest absolute Gasteiger partial charge is 0.293 e. The molecule has 1 fully saturated rings. The minimum atomic E-state index is -0.426. The number of amides is 2. The summed E-state index contributed by atoms with van der Waals surface area (Å²) in [5, 5.41) is 10.0. The third-order valence-corrected chi connectivity index (χ3v) is 4.09. The van der Waals surface area contributed by atoms with Crippen LogP contribution in [0, 0.1) is 0 Å². The Balaban J connectivity index is 2.33. The van der Waals surface area contributed by atoms with Crippen LogP contribution in [0.1, 0.15) is 5.56 Å². The number of hydrogen-bond donors (Lipinski definition) is 1. The van der Waals surface area contributed by atoms with E-state index in [2.05, 4.69) is 0 Å². The van der Waals surface area contributed by atoms with Gasteiger partial charge < -0.3 is 14.6 Å². The minimum absolute atomic E-state index is 0.143. The number of imide groups is 1. The molecule has 1 aliphatic heterocycles. The highest BCUT2D eigenvalue weighted by molar-refractivity contribution is 8.18. The van der Waals surface area contributed by atoms with Crippen LogP contribution in [0.5, 0.6) is 11.5 Å². The van der Waals surface area contributed by atoms with Crippen molar-refractivity contribution in [3.63, 3.8) is 0 Å². The van der Waals surface area contributed by atoms with Gasteiger partial charge in [0.15, 0.2) is 11.5 Å². The van der Waals surface area contributed by atoms with Gasteiger partial charge in [0, 0.05) is 23.8 Å². The molecule has 22 heavy (non-hydrogen) atoms. The fourth-order valence-corrected chi connectivity index (χ4v) is 2.95. The molecule has 2 amide bonds. The van der Waals surface area contributed by atoms with Gasteiger partial charge in [0.25, 0.3) is 11.1 Å². The first-order valence-corrected chi connectivity index (χ1v) is 7.48. The number of ether oxygens (including phenoxy) is 2. The van der Waals surface area contributed by atoms with E-state index in [9.17, 15) is 14.7 Å². The second-order valence-electron chi connectivity index (χ2n) is 4.37. The number of benzene rings is 1. The van der Waals surface area contributed by atoms with E-state index < -0.39 is 5.91 Å². The van der Waals surface area contributed by atoms with Crippen LogP contribution in [0.25, 0.3) is 6.08 Å². The number of aromatic hydroxyl groups is 1. The minimum Gasteiger partial charge on any atom is -0.504 e. The summed E-state index contributed by atoms with van der Waals surface area (Å²) in [6.07, 6.45) is 1.42. The van der Waals surface area contributed by atoms with Gasteiger partial charge in [-0.3, -0.25) is 14.5 Å². The lowest BCUT2D eigenvalue weighted by Crippen LogP contribution is -2.31. The standard InChI is InChI=1S/C14H14ClNO5S/c1-20-4-3-16-13(18)11(22-14(16)19)6-8-5-9(15)7-10(21-2)12(8)17/h5-7,17H,3-4H2,1-2H3/b11-6+. The van der Waals surface area contributed by atoms with Crippen LogP contribution in [0.3, 0.4) is 0 Å². The van der Waals surface area contributed by atoms with E-state index in [1.165, 1.54) is 32.4 Å². The molecule has 8 heteroatoms. The first kappa shape index (κ1) is 16.7. The highest BCUT2D eigenvalue weighted by Crippen LogP contribution is 2.38. The Morgan fingerprint density at radius 3 is 2.73 bits per heavy atom. The molecule has 0 aliphatic carbocycles. The Kier molecular flexibility index (Phi) is 5.33. The van der Waals surface area contributed by atoms with Crippen molar-refractivity contribution in [3.8, 4) is 11.5 Å². The molecule has 1 aliphatic rings. The van der Waals surface area contributed by atoms with E-state index in [0.717, 1.165) is 16.7 Å². The predicted molar refractivity (Wildman–Crippen MR) is 84.2 cm³/mol. The molecule has 1 aromatic rings. The highest BCUT2D eigenvalue weighted by atomic mass is 35.5. The van der Waals surface area contributed by atoms with Crippen LogP contribution >= 0.6 is 23.4 Å². The number of phenolic OH excluding ortho intramolecular Hbond substituents is 1. The predicted octanol–water partition coefficient (Wildman–Crippen LogP) is 2.74. The van der Waals surface area contributed by atoms with E-state index in [4.69, 9.17) is 21.1 Å². The third kappa shape index (κ3) is 3.37. The van der Waals surface area contributed by atoms with Crippen molar-refractivity contribution in [2.45, 2.75) is 0 Å². The number of methoxy groups -OCH3 is 2. The summed E-state index contributed by atoms with van der Waals surface area (Å²) in [6.45, 7) is 0.449. The molecule has 0 saturated carbocycles. The molecule has 1 saturated heterocycles. The van der Waals surface area contributed by atoms with Gasteiger partial charge in [-0.2, -0.15) is 0 Å². The molecule has 6 nitrogen and oxygen atoms in total. The lowest BCUT2D eigenvalue weighted by Gasteiger charge is -2.11. The van der Waals surface area contributed by atoms with Crippen molar-refractivity contribution in [1.29, 1.82) is 0 Å². The molecule has 118 valence electrons. The first-order valence-electron chi connectivity index (χ1n) is 6.28. The molecule has 1 heterocycles. The molecule has 0 unspecified atom stereocenters. The molecular weight excluding hydrogens is 330 g/mol. The molecule has 0 radical (unpaired) electrons. The van der Waals surface area contributed by atoms with Gasteiger partial charge in [-0.1, -0.05) is 11.6 Å². The number of nitrogens with zero attached hydrogens (tertiary/aromatic N) is 1. The molecular formula is C14H14ClNO5S. The van der Waals surface area contributed by atoms with E-state index in [0.29, 0.717) is 10.6 Å². The van der Waals surface area contributed by atoms with Crippen LogP contribution in [-0.4, -0.2) is 48.5 Å². The number of halogens is 1. The monoisotopic (exact) mass is 343 g/mol. The largest absolute Gasteiger partial charge is 0.504 e. The number of carbonyl (C=O) groups excluding carboxylic acids is 2. The van der Waals surface area contributed by atoms with Crippen molar-refractivity contribution in [2.75, 3.05) is 27.4 Å². The summed E-state index contributed by atoms with van der Waals surface area (Å²) in [6, 6.07) is 2.95. The number of phenols is 1. The van der Waals surface area contributed by atoms with Gasteiger partial charge in [0.05, 0.1) is 25.2 Å². The van der Waals surface area contributed by atoms with Gasteiger partial charge in [0.2, 0.25) is 0 Å². The number of rotatable bonds is 5. The number of hydrogen-bond acceptors (Lipinski definition) is 6. The van der Waals surface area contributed by atoms with E-state index >= 15 is 0 Å². The average Bonchev–Trinajstić information content (AvgIpc) is 2.75. The van der Waals surface area contributed by atoms with Gasteiger partial charge in [-0.25, -0.2) is 0 Å². The third-order valence-electron chi connectivity index (χ3n) is 2.97. The van der Waals surface area contributed by atoms with Crippen LogP contribution in [-0.2, 0) is 9.53 Å². The number of thioether (sulfide) groups is 1. The molecule has 0 bridgehead atoms. The lowest BCUT2D eigenvalue weighted by atomic mass is 10.1. The van der Waals surface area contributed by atoms with Gasteiger partial charge in [0.1, 0.15) is 0 Å². The Morgan fingerprint density at radius 2 is 2.09 bits per heavy atom. The second kappa shape index (κ2) is 7.04. The Morgan fingerprint density at radius 1 is 1.36 bits per heavy atom. The van der Waals surface area contributed by atoms with Gasteiger partial charge in [-0.15, -0.1) is 0 Å². The van der Waals surface area contributed by atoms with E-state index in [1.807, 2.05) is 0 Å². The molecule has 0 aromatic heterocycles. The maximum absolute atomic E-state index is 12.2. The summed E-state index contributed by atoms with van der Waals surface area (Å²) in [7, 11) is 2.89. The van der Waals surface area contributed by atoms with Crippen LogP contribution in [0.4, 0.5) is 4.79 Å². The first-order chi connectivity index (χ1) is 10.5. The van der Waals surface area contributed by atoms with Crippen molar-refractivity contribution >= 4 is 40.6 Å². The van der Waals surface area contributed by atoms with Crippen LogP contribution in [0.2, 0.25) is 5.02 Å². The summed E-state index contributed by atoms with van der Waals surface area (Å²) in [5.74, 6) is -0.377. The zero-order valence-corrected chi connectivity index (χ0v) is 13.5. The fraction of sp³-hybridized carbons (Fsp3) is 0.286. The van der Waals surface area contributed by atoms with Gasteiger partial charge >= 0.3 is 0 Å². The molecule has 1 N–H and O–H groups in total. The maximum atomic E-state index is 12.2. The Bertz CT molecular complexity index is 646. The van der Waals surface area contributed by atoms with Crippen molar-refractivity contribution in [2.24, 2.45) is 0 Å². The zero-order valence-electron chi connectivity index (χ0n) is 12.0. The van der Waals surface area contributed by atoms with E-state index in [1.54, 1.807) is 0 Å². The normalized spacial score (nSPS) is 16.7. The van der Waals surface area contributed by atoms with E-state index in [-0.39, 0.29) is 34.8 Å². The van der Waals surface area contributed by atoms with Gasteiger partial charge in [-0.05, 0) is 23.9 Å². The van der Waals surface area contributed by atoms with Crippen molar-refractivity contribution < 1.29 is 24.2 Å². The summed E-state index contributed by atoms with van der Waals surface area (Å²) in [4.78, 5) is 25.3. The molecule has 0 spiro atoms. The highest BCUT2D eigenvalue weighted by Gasteiger charge is 2.34. The average molecular weight is 344 g/mol. The summed E-state index contributed by atoms with van der Waals surface area (Å²) in [5.41, 5.74) is 0.307. The molecule has 2 rings (SSSR count). The Hall–Kier alpha value is -1.70. The summed E-state index contributed by atoms with van der Waals surface area (Å²) < 4.78 is 9.87. The summed E-state index contributed by atoms with van der Waals surface area (Å²) >= 11 is 6.75.